The zero-order chi connectivity index (χ0) is 13.8. The summed E-state index contributed by atoms with van der Waals surface area (Å²) in [5.41, 5.74) is -0.632. The van der Waals surface area contributed by atoms with Crippen LogP contribution in [0.4, 0.5) is 4.79 Å². The molecule has 1 N–H and O–H groups in total. The molecule has 5 nitrogen and oxygen atoms in total. The van der Waals surface area contributed by atoms with Crippen LogP contribution in [0.2, 0.25) is 0 Å². The zero-order valence-corrected chi connectivity index (χ0v) is 11.3. The summed E-state index contributed by atoms with van der Waals surface area (Å²) in [5, 5.41) is 13.5. The van der Waals surface area contributed by atoms with E-state index >= 15 is 0 Å². The first-order valence-electron chi connectivity index (χ1n) is 6.50. The second-order valence-electron chi connectivity index (χ2n) is 5.84. The van der Waals surface area contributed by atoms with Gasteiger partial charge in [0.05, 0.1) is 12.0 Å². The van der Waals surface area contributed by atoms with Gasteiger partial charge in [-0.2, -0.15) is 0 Å². The largest absolute Gasteiger partial charge is 0.548 e. The third-order valence-electron chi connectivity index (χ3n) is 3.05. The van der Waals surface area contributed by atoms with Crippen molar-refractivity contribution in [2.24, 2.45) is 5.92 Å². The van der Waals surface area contributed by atoms with Gasteiger partial charge in [0.25, 0.3) is 0 Å². The van der Waals surface area contributed by atoms with E-state index in [-0.39, 0.29) is 5.92 Å². The topological polar surface area (TPSA) is 78.5 Å². The van der Waals surface area contributed by atoms with Crippen molar-refractivity contribution < 1.29 is 19.4 Å². The van der Waals surface area contributed by atoms with Crippen LogP contribution in [0.15, 0.2) is 0 Å². The smallest absolute Gasteiger partial charge is 0.408 e. The zero-order valence-electron chi connectivity index (χ0n) is 11.3. The fraction of sp³-hybridized carbons (Fsp3) is 0.846. The van der Waals surface area contributed by atoms with Crippen LogP contribution >= 0.6 is 0 Å². The highest BCUT2D eigenvalue weighted by molar-refractivity contribution is 5.79. The van der Waals surface area contributed by atoms with Gasteiger partial charge in [0.2, 0.25) is 0 Å². The van der Waals surface area contributed by atoms with Gasteiger partial charge in [-0.15, -0.1) is 0 Å². The van der Waals surface area contributed by atoms with Crippen LogP contribution in [0.3, 0.4) is 0 Å². The maximum absolute atomic E-state index is 11.6. The Morgan fingerprint density at radius 3 is 2.22 bits per heavy atom. The van der Waals surface area contributed by atoms with E-state index < -0.39 is 23.7 Å². The number of carbonyl (C=O) groups is 2. The number of alkyl carbamates (subject to hydrolysis) is 1. The first-order chi connectivity index (χ1) is 8.29. The molecule has 0 aliphatic heterocycles. The molecule has 0 spiro atoms. The van der Waals surface area contributed by atoms with Crippen LogP contribution in [0.1, 0.15) is 52.9 Å². The molecule has 5 heteroatoms. The van der Waals surface area contributed by atoms with E-state index in [4.69, 9.17) is 4.74 Å². The third kappa shape index (κ3) is 4.94. The average molecular weight is 256 g/mol. The number of ether oxygens (including phenoxy) is 1. The fourth-order valence-corrected chi connectivity index (χ4v) is 2.27. The molecule has 0 bridgehead atoms. The molecule has 104 valence electrons. The van der Waals surface area contributed by atoms with Gasteiger partial charge in [-0.25, -0.2) is 4.79 Å². The molecule has 1 rings (SSSR count). The maximum atomic E-state index is 11.6. The number of amides is 1. The molecule has 1 atom stereocenters. The van der Waals surface area contributed by atoms with Crippen molar-refractivity contribution in [3.05, 3.63) is 0 Å². The van der Waals surface area contributed by atoms with Crippen molar-refractivity contribution in [2.45, 2.75) is 64.5 Å². The lowest BCUT2D eigenvalue weighted by atomic mass is 9.84. The van der Waals surface area contributed by atoms with Gasteiger partial charge in [0, 0.05) is 0 Å². The molecule has 0 aromatic carbocycles. The second kappa shape index (κ2) is 6.07. The summed E-state index contributed by atoms with van der Waals surface area (Å²) in [5.74, 6) is -1.27. The number of nitrogens with one attached hydrogen (secondary N) is 1. The Kier molecular flexibility index (Phi) is 4.99. The SMILES string of the molecule is CC(C)(C)OC(=O)N[C@@H](C(=O)[O-])C1CCCCC1. The van der Waals surface area contributed by atoms with Crippen molar-refractivity contribution in [3.63, 3.8) is 0 Å². The minimum atomic E-state index is -1.23. The molecule has 0 radical (unpaired) electrons. The van der Waals surface area contributed by atoms with Crippen molar-refractivity contribution in [1.29, 1.82) is 0 Å². The van der Waals surface area contributed by atoms with E-state index in [1.54, 1.807) is 20.8 Å². The summed E-state index contributed by atoms with van der Waals surface area (Å²) in [4.78, 5) is 22.7. The number of hydrogen-bond donors (Lipinski definition) is 1. The predicted octanol–water partition coefficient (Wildman–Crippen LogP) is 1.21. The van der Waals surface area contributed by atoms with Gasteiger partial charge in [-0.3, -0.25) is 0 Å². The van der Waals surface area contributed by atoms with E-state index in [0.29, 0.717) is 0 Å². The van der Waals surface area contributed by atoms with Gasteiger partial charge in [0.15, 0.2) is 0 Å². The number of aliphatic carboxylic acids is 1. The first kappa shape index (κ1) is 14.8. The molecule has 1 aliphatic carbocycles. The van der Waals surface area contributed by atoms with Crippen LogP contribution in [0.5, 0.6) is 0 Å². The average Bonchev–Trinajstić information content (AvgIpc) is 2.24. The molecular formula is C13H22NO4-. The van der Waals surface area contributed by atoms with Crippen LogP contribution in [0, 0.1) is 5.92 Å². The molecule has 0 heterocycles. The van der Waals surface area contributed by atoms with Crippen molar-refractivity contribution in [2.75, 3.05) is 0 Å². The number of carboxylic acid groups (broad SMARTS) is 1. The Hall–Kier alpha value is -1.26. The highest BCUT2D eigenvalue weighted by Gasteiger charge is 2.27. The van der Waals surface area contributed by atoms with E-state index in [0.717, 1.165) is 32.1 Å². The number of hydrogen-bond acceptors (Lipinski definition) is 4. The van der Waals surface area contributed by atoms with Gasteiger partial charge in [0.1, 0.15) is 5.60 Å². The molecular weight excluding hydrogens is 234 g/mol. The van der Waals surface area contributed by atoms with Crippen molar-refractivity contribution in [1.82, 2.24) is 5.32 Å². The highest BCUT2D eigenvalue weighted by atomic mass is 16.6. The van der Waals surface area contributed by atoms with Crippen molar-refractivity contribution in [3.8, 4) is 0 Å². The summed E-state index contributed by atoms with van der Waals surface area (Å²) < 4.78 is 5.07. The lowest BCUT2D eigenvalue weighted by Gasteiger charge is -2.32. The number of carboxylic acids is 1. The Morgan fingerprint density at radius 2 is 1.78 bits per heavy atom. The minimum Gasteiger partial charge on any atom is -0.548 e. The number of carbonyl (C=O) groups excluding carboxylic acids is 2. The van der Waals surface area contributed by atoms with Crippen molar-refractivity contribution >= 4 is 12.1 Å². The lowest BCUT2D eigenvalue weighted by Crippen LogP contribution is -2.53. The molecule has 1 saturated carbocycles. The predicted molar refractivity (Wildman–Crippen MR) is 64.7 cm³/mol. The summed E-state index contributed by atoms with van der Waals surface area (Å²) in [6.07, 6.45) is 4.07. The first-order valence-corrected chi connectivity index (χ1v) is 6.50. The van der Waals surface area contributed by atoms with Gasteiger partial charge >= 0.3 is 6.09 Å². The molecule has 1 fully saturated rings. The summed E-state index contributed by atoms with van der Waals surface area (Å²) in [6, 6.07) is -0.944. The van der Waals surface area contributed by atoms with E-state index in [9.17, 15) is 14.7 Å². The Labute approximate surface area is 108 Å². The minimum absolute atomic E-state index is 0.0451. The van der Waals surface area contributed by atoms with Gasteiger partial charge in [-0.1, -0.05) is 19.3 Å². The molecule has 0 unspecified atom stereocenters. The molecule has 0 saturated heterocycles. The molecule has 1 aliphatic rings. The standard InChI is InChI=1S/C13H23NO4/c1-13(2,3)18-12(17)14-10(11(15)16)9-7-5-4-6-8-9/h9-10H,4-8H2,1-3H3,(H,14,17)(H,15,16)/p-1/t10-/m1/s1. The van der Waals surface area contributed by atoms with Crippen LogP contribution in [-0.4, -0.2) is 23.7 Å². The normalized spacial score (nSPS) is 19.1. The molecule has 1 amide bonds. The van der Waals surface area contributed by atoms with E-state index in [1.165, 1.54) is 0 Å². The Bertz CT molecular complexity index is 303. The Balaban J connectivity index is 2.57. The lowest BCUT2D eigenvalue weighted by molar-refractivity contribution is -0.310. The van der Waals surface area contributed by atoms with E-state index in [2.05, 4.69) is 5.32 Å². The molecule has 18 heavy (non-hydrogen) atoms. The van der Waals surface area contributed by atoms with Crippen LogP contribution in [-0.2, 0) is 9.53 Å². The van der Waals surface area contributed by atoms with Crippen LogP contribution in [0.25, 0.3) is 0 Å². The van der Waals surface area contributed by atoms with Gasteiger partial charge in [-0.05, 0) is 39.5 Å². The second-order valence-corrected chi connectivity index (χ2v) is 5.84. The summed E-state index contributed by atoms with van der Waals surface area (Å²) >= 11 is 0. The molecule has 0 aromatic rings. The van der Waals surface area contributed by atoms with E-state index in [1.807, 2.05) is 0 Å². The third-order valence-corrected chi connectivity index (χ3v) is 3.05. The number of rotatable bonds is 3. The fourth-order valence-electron chi connectivity index (χ4n) is 2.27. The summed E-state index contributed by atoms with van der Waals surface area (Å²) in [7, 11) is 0. The monoisotopic (exact) mass is 256 g/mol. The summed E-state index contributed by atoms with van der Waals surface area (Å²) in [6.45, 7) is 5.21. The quantitative estimate of drug-likeness (QED) is 0.823. The Morgan fingerprint density at radius 1 is 1.22 bits per heavy atom. The maximum Gasteiger partial charge on any atom is 0.408 e. The van der Waals surface area contributed by atoms with Crippen LogP contribution < -0.4 is 10.4 Å². The van der Waals surface area contributed by atoms with Gasteiger partial charge < -0.3 is 20.0 Å². The highest BCUT2D eigenvalue weighted by Crippen LogP contribution is 2.26. The molecule has 0 aromatic heterocycles.